The number of carbonyl (C=O) groups is 2. The van der Waals surface area contributed by atoms with Crippen molar-refractivity contribution in [1.29, 1.82) is 0 Å². The first-order valence-corrected chi connectivity index (χ1v) is 4.34. The molecule has 0 amide bonds. The first-order chi connectivity index (χ1) is 7.22. The van der Waals surface area contributed by atoms with Crippen LogP contribution in [0.3, 0.4) is 0 Å². The normalized spacial score (nSPS) is 10.2. The molecule has 5 nitrogen and oxygen atoms in total. The highest BCUT2D eigenvalue weighted by Gasteiger charge is 2.10. The summed E-state index contributed by atoms with van der Waals surface area (Å²) in [6.45, 7) is 1.27. The summed E-state index contributed by atoms with van der Waals surface area (Å²) in [5.74, 6) is -0.485. The van der Waals surface area contributed by atoms with E-state index in [1.54, 1.807) is 24.3 Å². The monoisotopic (exact) mass is 204 g/mol. The van der Waals surface area contributed by atoms with Crippen molar-refractivity contribution in [3.8, 4) is 0 Å². The number of rotatable bonds is 2. The second-order valence-electron chi connectivity index (χ2n) is 2.98. The van der Waals surface area contributed by atoms with E-state index < -0.39 is 5.97 Å². The van der Waals surface area contributed by atoms with Gasteiger partial charge in [-0.2, -0.15) is 0 Å². The molecule has 2 aromatic rings. The van der Waals surface area contributed by atoms with Crippen LogP contribution >= 0.6 is 0 Å². The fourth-order valence-electron chi connectivity index (χ4n) is 1.34. The predicted molar refractivity (Wildman–Crippen MR) is 52.4 cm³/mol. The highest BCUT2D eigenvalue weighted by atomic mass is 16.7. The van der Waals surface area contributed by atoms with Gasteiger partial charge in [0.05, 0.1) is 0 Å². The first-order valence-electron chi connectivity index (χ1n) is 4.34. The lowest BCUT2D eigenvalue weighted by Gasteiger charge is -1.99. The smallest absolute Gasteiger partial charge is 0.319 e. The summed E-state index contributed by atoms with van der Waals surface area (Å²) in [6.07, 6.45) is 0.627. The van der Waals surface area contributed by atoms with Crippen molar-refractivity contribution in [2.24, 2.45) is 0 Å². The fourth-order valence-corrected chi connectivity index (χ4v) is 1.34. The second kappa shape index (κ2) is 3.53. The molecule has 76 valence electrons. The minimum absolute atomic E-state index is 0.256. The molecule has 5 heteroatoms. The van der Waals surface area contributed by atoms with Gasteiger partial charge in [0, 0.05) is 12.3 Å². The van der Waals surface area contributed by atoms with Gasteiger partial charge in [0.1, 0.15) is 11.2 Å². The third kappa shape index (κ3) is 1.59. The third-order valence-electron chi connectivity index (χ3n) is 1.91. The molecule has 1 aromatic heterocycles. The van der Waals surface area contributed by atoms with Crippen LogP contribution in [0.25, 0.3) is 10.9 Å². The molecule has 0 aliphatic rings. The Hall–Kier alpha value is -2.17. The highest BCUT2D eigenvalue weighted by Crippen LogP contribution is 2.15. The van der Waals surface area contributed by atoms with Crippen molar-refractivity contribution < 1.29 is 14.4 Å². The van der Waals surface area contributed by atoms with Crippen LogP contribution in [0.1, 0.15) is 17.4 Å². The van der Waals surface area contributed by atoms with Gasteiger partial charge in [0.15, 0.2) is 6.29 Å². The first kappa shape index (κ1) is 9.39. The molecule has 0 saturated heterocycles. The number of aldehydes is 1. The Balaban J connectivity index is 2.64. The van der Waals surface area contributed by atoms with E-state index in [1.165, 1.54) is 6.92 Å². The Morgan fingerprint density at radius 1 is 1.47 bits per heavy atom. The lowest BCUT2D eigenvalue weighted by Crippen LogP contribution is -2.17. The Morgan fingerprint density at radius 3 is 2.87 bits per heavy atom. The predicted octanol–water partition coefficient (Wildman–Crippen LogP) is 0.824. The topological polar surface area (TPSA) is 61.2 Å². The highest BCUT2D eigenvalue weighted by molar-refractivity contribution is 5.95. The van der Waals surface area contributed by atoms with Gasteiger partial charge in [-0.05, 0) is 6.07 Å². The number of para-hydroxylation sites is 1. The maximum atomic E-state index is 10.8. The standard InChI is InChI=1S/C10H8N2O3/c1-7(14)15-12-10-5-3-2-4-8(10)9(6-13)11-12/h2-6H,1H3. The number of fused-ring (bicyclic) bond motifs is 1. The zero-order valence-electron chi connectivity index (χ0n) is 8.01. The van der Waals surface area contributed by atoms with E-state index in [2.05, 4.69) is 5.10 Å². The molecule has 0 N–H and O–H groups in total. The number of benzene rings is 1. The van der Waals surface area contributed by atoms with Crippen LogP contribution in [0.2, 0.25) is 0 Å². The van der Waals surface area contributed by atoms with E-state index in [0.717, 1.165) is 4.85 Å². The third-order valence-corrected chi connectivity index (χ3v) is 1.91. The van der Waals surface area contributed by atoms with Gasteiger partial charge in [-0.25, -0.2) is 4.79 Å². The lowest BCUT2D eigenvalue weighted by molar-refractivity contribution is -0.142. The molecule has 0 radical (unpaired) electrons. The number of hydrogen-bond donors (Lipinski definition) is 0. The number of nitrogens with zero attached hydrogens (tertiary/aromatic N) is 2. The molecule has 0 unspecified atom stereocenters. The van der Waals surface area contributed by atoms with E-state index in [9.17, 15) is 9.59 Å². The maximum Gasteiger partial charge on any atom is 0.331 e. The van der Waals surface area contributed by atoms with E-state index in [0.29, 0.717) is 17.2 Å². The molecule has 1 heterocycles. The van der Waals surface area contributed by atoms with E-state index in [-0.39, 0.29) is 5.69 Å². The summed E-state index contributed by atoms with van der Waals surface area (Å²) < 4.78 is 0. The Kier molecular flexibility index (Phi) is 2.21. The fraction of sp³-hybridized carbons (Fsp3) is 0.100. The molecule has 15 heavy (non-hydrogen) atoms. The largest absolute Gasteiger partial charge is 0.331 e. The van der Waals surface area contributed by atoms with Crippen LogP contribution in [-0.4, -0.2) is 22.2 Å². The number of aromatic nitrogens is 2. The lowest BCUT2D eigenvalue weighted by atomic mass is 10.2. The summed E-state index contributed by atoms with van der Waals surface area (Å²) >= 11 is 0. The minimum atomic E-state index is -0.485. The van der Waals surface area contributed by atoms with Crippen LogP contribution in [0.4, 0.5) is 0 Å². The molecule has 0 atom stereocenters. The quantitative estimate of drug-likeness (QED) is 0.679. The van der Waals surface area contributed by atoms with Gasteiger partial charge in [-0.1, -0.05) is 23.0 Å². The summed E-state index contributed by atoms with van der Waals surface area (Å²) in [5, 5.41) is 4.51. The second-order valence-corrected chi connectivity index (χ2v) is 2.98. The molecular weight excluding hydrogens is 196 g/mol. The average molecular weight is 204 g/mol. The van der Waals surface area contributed by atoms with Crippen LogP contribution < -0.4 is 4.84 Å². The zero-order chi connectivity index (χ0) is 10.8. The Labute approximate surface area is 85.2 Å². The van der Waals surface area contributed by atoms with Gasteiger partial charge in [-0.15, -0.1) is 5.10 Å². The van der Waals surface area contributed by atoms with Gasteiger partial charge in [0.2, 0.25) is 0 Å². The van der Waals surface area contributed by atoms with Gasteiger partial charge < -0.3 is 4.84 Å². The molecule has 2 rings (SSSR count). The van der Waals surface area contributed by atoms with Crippen LogP contribution in [0.15, 0.2) is 24.3 Å². The zero-order valence-corrected chi connectivity index (χ0v) is 8.01. The molecule has 0 spiro atoms. The van der Waals surface area contributed by atoms with Crippen LogP contribution in [0.5, 0.6) is 0 Å². The molecule has 0 saturated carbocycles. The van der Waals surface area contributed by atoms with E-state index in [1.807, 2.05) is 0 Å². The summed E-state index contributed by atoms with van der Waals surface area (Å²) in [6, 6.07) is 7.03. The van der Waals surface area contributed by atoms with Crippen molar-refractivity contribution in [3.05, 3.63) is 30.0 Å². The Morgan fingerprint density at radius 2 is 2.20 bits per heavy atom. The molecule has 0 aliphatic carbocycles. The minimum Gasteiger partial charge on any atom is -0.319 e. The van der Waals surface area contributed by atoms with Gasteiger partial charge >= 0.3 is 5.97 Å². The van der Waals surface area contributed by atoms with Crippen LogP contribution in [-0.2, 0) is 4.79 Å². The van der Waals surface area contributed by atoms with Crippen molar-refractivity contribution in [1.82, 2.24) is 9.94 Å². The molecule has 0 fully saturated rings. The molecule has 0 bridgehead atoms. The van der Waals surface area contributed by atoms with Crippen molar-refractivity contribution >= 4 is 23.2 Å². The molecular formula is C10H8N2O3. The van der Waals surface area contributed by atoms with Gasteiger partial charge in [0.25, 0.3) is 0 Å². The van der Waals surface area contributed by atoms with E-state index >= 15 is 0 Å². The van der Waals surface area contributed by atoms with Crippen LogP contribution in [0, 0.1) is 0 Å². The maximum absolute atomic E-state index is 10.8. The number of carbonyl (C=O) groups excluding carboxylic acids is 2. The number of hydrogen-bond acceptors (Lipinski definition) is 4. The van der Waals surface area contributed by atoms with E-state index in [4.69, 9.17) is 4.84 Å². The summed E-state index contributed by atoms with van der Waals surface area (Å²) in [4.78, 5) is 27.4. The van der Waals surface area contributed by atoms with Crippen molar-refractivity contribution in [2.45, 2.75) is 6.92 Å². The van der Waals surface area contributed by atoms with Crippen molar-refractivity contribution in [3.63, 3.8) is 0 Å². The van der Waals surface area contributed by atoms with Gasteiger partial charge in [-0.3, -0.25) is 4.79 Å². The Bertz CT molecular complexity index is 530. The summed E-state index contributed by atoms with van der Waals surface area (Å²) in [7, 11) is 0. The molecule has 0 aliphatic heterocycles. The molecule has 1 aromatic carbocycles. The average Bonchev–Trinajstić information content (AvgIpc) is 2.56. The SMILES string of the molecule is CC(=O)On1nc(C=O)c2ccccc21. The van der Waals surface area contributed by atoms with Crippen molar-refractivity contribution in [2.75, 3.05) is 0 Å². The summed E-state index contributed by atoms with van der Waals surface area (Å²) in [5.41, 5.74) is 0.849.